The molecule has 21 heavy (non-hydrogen) atoms. The summed E-state index contributed by atoms with van der Waals surface area (Å²) < 4.78 is 0. The molecule has 110 valence electrons. The number of anilines is 1. The first-order valence-corrected chi connectivity index (χ1v) is 8.07. The molecule has 2 aliphatic rings. The molecule has 0 bridgehead atoms. The SMILES string of the molecule is Cc1cc(N2C[C@H]3CCC(N)C[C@H]3C2)c2ccccc2n1. The second-order valence-electron chi connectivity index (χ2n) is 6.80. The molecule has 0 amide bonds. The Bertz CT molecular complexity index is 667. The summed E-state index contributed by atoms with van der Waals surface area (Å²) in [6.45, 7) is 4.44. The van der Waals surface area contributed by atoms with Gasteiger partial charge in [0.2, 0.25) is 0 Å². The molecule has 1 saturated carbocycles. The maximum absolute atomic E-state index is 6.16. The van der Waals surface area contributed by atoms with Crippen molar-refractivity contribution >= 4 is 16.6 Å². The average molecular weight is 281 g/mol. The molecule has 1 aromatic heterocycles. The number of aromatic nitrogens is 1. The molecule has 2 N–H and O–H groups in total. The van der Waals surface area contributed by atoms with Gasteiger partial charge in [-0.2, -0.15) is 0 Å². The Kier molecular flexibility index (Phi) is 3.11. The highest BCUT2D eigenvalue weighted by Gasteiger charge is 2.37. The Morgan fingerprint density at radius 1 is 1.14 bits per heavy atom. The zero-order valence-corrected chi connectivity index (χ0v) is 12.6. The van der Waals surface area contributed by atoms with Gasteiger partial charge in [-0.25, -0.2) is 0 Å². The second kappa shape index (κ2) is 4.99. The van der Waals surface area contributed by atoms with E-state index in [1.807, 2.05) is 0 Å². The quantitative estimate of drug-likeness (QED) is 0.873. The standard InChI is InChI=1S/C18H23N3/c1-12-8-18(16-4-2-3-5-17(16)20-12)21-10-13-6-7-15(19)9-14(13)11-21/h2-5,8,13-15H,6-7,9-11,19H2,1H3/t13-,14+,15?/m1/s1. The lowest BCUT2D eigenvalue weighted by Crippen LogP contribution is -2.32. The van der Waals surface area contributed by atoms with Crippen molar-refractivity contribution in [2.45, 2.75) is 32.2 Å². The Morgan fingerprint density at radius 2 is 1.95 bits per heavy atom. The molecular formula is C18H23N3. The Balaban J connectivity index is 1.71. The molecule has 1 aromatic carbocycles. The van der Waals surface area contributed by atoms with Crippen LogP contribution in [-0.4, -0.2) is 24.1 Å². The van der Waals surface area contributed by atoms with E-state index in [2.05, 4.69) is 47.1 Å². The number of nitrogens with zero attached hydrogens (tertiary/aromatic N) is 2. The van der Waals surface area contributed by atoms with Gasteiger partial charge in [-0.1, -0.05) is 18.2 Å². The summed E-state index contributed by atoms with van der Waals surface area (Å²) in [6.07, 6.45) is 3.69. The van der Waals surface area contributed by atoms with E-state index in [1.165, 1.54) is 36.9 Å². The fourth-order valence-electron chi connectivity index (χ4n) is 4.21. The van der Waals surface area contributed by atoms with E-state index in [9.17, 15) is 0 Å². The van der Waals surface area contributed by atoms with Crippen LogP contribution in [0.15, 0.2) is 30.3 Å². The van der Waals surface area contributed by atoms with Gasteiger partial charge in [0.25, 0.3) is 0 Å². The van der Waals surface area contributed by atoms with Crippen molar-refractivity contribution in [3.63, 3.8) is 0 Å². The van der Waals surface area contributed by atoms with Gasteiger partial charge in [-0.3, -0.25) is 4.98 Å². The summed E-state index contributed by atoms with van der Waals surface area (Å²) in [5, 5.41) is 1.28. The van der Waals surface area contributed by atoms with Crippen molar-refractivity contribution in [2.75, 3.05) is 18.0 Å². The highest BCUT2D eigenvalue weighted by atomic mass is 15.2. The van der Waals surface area contributed by atoms with E-state index >= 15 is 0 Å². The molecule has 1 aliphatic heterocycles. The molecule has 3 nitrogen and oxygen atoms in total. The van der Waals surface area contributed by atoms with Crippen LogP contribution in [-0.2, 0) is 0 Å². The van der Waals surface area contributed by atoms with Gasteiger partial charge < -0.3 is 10.6 Å². The maximum Gasteiger partial charge on any atom is 0.0726 e. The number of hydrogen-bond donors (Lipinski definition) is 1. The Labute approximate surface area is 126 Å². The van der Waals surface area contributed by atoms with Crippen LogP contribution in [0.25, 0.3) is 10.9 Å². The van der Waals surface area contributed by atoms with Crippen molar-refractivity contribution in [1.29, 1.82) is 0 Å². The fourth-order valence-corrected chi connectivity index (χ4v) is 4.21. The predicted molar refractivity (Wildman–Crippen MR) is 87.5 cm³/mol. The average Bonchev–Trinajstić information content (AvgIpc) is 2.89. The summed E-state index contributed by atoms with van der Waals surface area (Å²) in [4.78, 5) is 7.24. The molecule has 3 atom stereocenters. The lowest BCUT2D eigenvalue weighted by atomic mass is 9.79. The van der Waals surface area contributed by atoms with E-state index < -0.39 is 0 Å². The van der Waals surface area contributed by atoms with Crippen molar-refractivity contribution in [1.82, 2.24) is 4.98 Å². The van der Waals surface area contributed by atoms with Gasteiger partial charge in [0, 0.05) is 35.9 Å². The molecule has 2 fully saturated rings. The summed E-state index contributed by atoms with van der Waals surface area (Å²) in [5.41, 5.74) is 9.74. The molecule has 0 radical (unpaired) electrons. The highest BCUT2D eigenvalue weighted by molar-refractivity contribution is 5.92. The van der Waals surface area contributed by atoms with Crippen LogP contribution in [0.3, 0.4) is 0 Å². The van der Waals surface area contributed by atoms with Gasteiger partial charge in [-0.05, 0) is 50.2 Å². The summed E-state index contributed by atoms with van der Waals surface area (Å²) >= 11 is 0. The molecule has 1 unspecified atom stereocenters. The van der Waals surface area contributed by atoms with Crippen LogP contribution < -0.4 is 10.6 Å². The minimum absolute atomic E-state index is 0.419. The molecule has 3 heteroatoms. The first-order valence-electron chi connectivity index (χ1n) is 8.07. The molecule has 2 aromatic rings. The van der Waals surface area contributed by atoms with Crippen LogP contribution in [0.1, 0.15) is 25.0 Å². The Hall–Kier alpha value is -1.61. The lowest BCUT2D eigenvalue weighted by Gasteiger charge is -2.27. The van der Waals surface area contributed by atoms with Crippen LogP contribution in [0, 0.1) is 18.8 Å². The molecule has 0 spiro atoms. The zero-order chi connectivity index (χ0) is 14.4. The van der Waals surface area contributed by atoms with Crippen molar-refractivity contribution in [2.24, 2.45) is 17.6 Å². The number of aryl methyl sites for hydroxylation is 1. The number of hydrogen-bond acceptors (Lipinski definition) is 3. The zero-order valence-electron chi connectivity index (χ0n) is 12.6. The number of pyridine rings is 1. The molecule has 1 saturated heterocycles. The molecule has 1 aliphatic carbocycles. The van der Waals surface area contributed by atoms with Gasteiger partial charge in [-0.15, -0.1) is 0 Å². The first kappa shape index (κ1) is 13.1. The smallest absolute Gasteiger partial charge is 0.0726 e. The largest absolute Gasteiger partial charge is 0.370 e. The second-order valence-corrected chi connectivity index (χ2v) is 6.80. The molecular weight excluding hydrogens is 258 g/mol. The number of rotatable bonds is 1. The third kappa shape index (κ3) is 2.30. The highest BCUT2D eigenvalue weighted by Crippen LogP contribution is 2.39. The minimum Gasteiger partial charge on any atom is -0.370 e. The summed E-state index contributed by atoms with van der Waals surface area (Å²) in [5.74, 6) is 1.61. The monoisotopic (exact) mass is 281 g/mol. The van der Waals surface area contributed by atoms with Gasteiger partial charge in [0.15, 0.2) is 0 Å². The van der Waals surface area contributed by atoms with Crippen molar-refractivity contribution < 1.29 is 0 Å². The number of nitrogens with two attached hydrogens (primary N) is 1. The maximum atomic E-state index is 6.16. The van der Waals surface area contributed by atoms with Crippen LogP contribution in [0.5, 0.6) is 0 Å². The predicted octanol–water partition coefficient (Wildman–Crippen LogP) is 3.11. The van der Waals surface area contributed by atoms with E-state index in [0.29, 0.717) is 6.04 Å². The first-order chi connectivity index (χ1) is 10.2. The third-order valence-corrected chi connectivity index (χ3v) is 5.25. The van der Waals surface area contributed by atoms with E-state index in [0.717, 1.165) is 29.6 Å². The summed E-state index contributed by atoms with van der Waals surface area (Å²) in [6, 6.07) is 11.2. The number of para-hydroxylation sites is 1. The van der Waals surface area contributed by atoms with Crippen LogP contribution in [0.2, 0.25) is 0 Å². The molecule has 2 heterocycles. The van der Waals surface area contributed by atoms with Crippen LogP contribution >= 0.6 is 0 Å². The van der Waals surface area contributed by atoms with Gasteiger partial charge >= 0.3 is 0 Å². The van der Waals surface area contributed by atoms with Crippen LogP contribution in [0.4, 0.5) is 5.69 Å². The van der Waals surface area contributed by atoms with Gasteiger partial charge in [0.1, 0.15) is 0 Å². The minimum atomic E-state index is 0.419. The topological polar surface area (TPSA) is 42.1 Å². The number of benzene rings is 1. The molecule has 4 rings (SSSR count). The normalized spacial score (nSPS) is 28.9. The van der Waals surface area contributed by atoms with E-state index in [-0.39, 0.29) is 0 Å². The van der Waals surface area contributed by atoms with E-state index in [4.69, 9.17) is 5.73 Å². The number of fused-ring (bicyclic) bond motifs is 2. The van der Waals surface area contributed by atoms with Crippen molar-refractivity contribution in [3.8, 4) is 0 Å². The fraction of sp³-hybridized carbons (Fsp3) is 0.500. The van der Waals surface area contributed by atoms with Crippen molar-refractivity contribution in [3.05, 3.63) is 36.0 Å². The Morgan fingerprint density at radius 3 is 2.86 bits per heavy atom. The third-order valence-electron chi connectivity index (χ3n) is 5.25. The van der Waals surface area contributed by atoms with E-state index in [1.54, 1.807) is 0 Å². The lowest BCUT2D eigenvalue weighted by molar-refractivity contribution is 0.271. The summed E-state index contributed by atoms with van der Waals surface area (Å²) in [7, 11) is 0. The van der Waals surface area contributed by atoms with Gasteiger partial charge in [0.05, 0.1) is 5.52 Å².